The smallest absolute Gasteiger partial charge is 0.0426 e. The number of nitrogens with zero attached hydrogens (tertiary/aromatic N) is 1. The summed E-state index contributed by atoms with van der Waals surface area (Å²) in [6.07, 6.45) is 8.43. The Morgan fingerprint density at radius 3 is 2.68 bits per heavy atom. The van der Waals surface area contributed by atoms with Crippen LogP contribution in [-0.4, -0.2) is 17.5 Å². The first-order valence-corrected chi connectivity index (χ1v) is 7.90. The van der Waals surface area contributed by atoms with Gasteiger partial charge in [0.15, 0.2) is 0 Å². The molecule has 104 valence electrons. The lowest BCUT2D eigenvalue weighted by molar-refractivity contribution is 0.183. The molecule has 2 N–H and O–H groups in total. The number of likely N-dealkylation sites (tertiary alicyclic amines) is 1. The number of halogens is 1. The molecule has 0 spiro atoms. The molecule has 0 aromatic heterocycles. The van der Waals surface area contributed by atoms with E-state index in [4.69, 9.17) is 17.3 Å². The average molecular weight is 279 g/mol. The molecule has 3 rings (SSSR count). The maximum Gasteiger partial charge on any atom is 0.0426 e. The minimum Gasteiger partial charge on any atom is -0.398 e. The van der Waals surface area contributed by atoms with E-state index in [-0.39, 0.29) is 0 Å². The van der Waals surface area contributed by atoms with Crippen LogP contribution >= 0.6 is 11.6 Å². The summed E-state index contributed by atoms with van der Waals surface area (Å²) in [5.74, 6) is 0.927. The molecule has 1 saturated heterocycles. The minimum atomic E-state index is 0.731. The Balaban J connectivity index is 1.70. The molecular weight excluding hydrogens is 256 g/mol. The van der Waals surface area contributed by atoms with E-state index < -0.39 is 0 Å². The van der Waals surface area contributed by atoms with Crippen molar-refractivity contribution < 1.29 is 0 Å². The summed E-state index contributed by atoms with van der Waals surface area (Å²) in [6, 6.07) is 6.70. The Labute approximate surface area is 120 Å². The SMILES string of the molecule is Nc1cc(Cl)ccc1CN1CCCC1C1CCCC1. The maximum absolute atomic E-state index is 6.09. The number of benzene rings is 1. The van der Waals surface area contributed by atoms with Crippen LogP contribution in [0.3, 0.4) is 0 Å². The largest absolute Gasteiger partial charge is 0.398 e. The van der Waals surface area contributed by atoms with Crippen molar-refractivity contribution in [1.82, 2.24) is 4.90 Å². The van der Waals surface area contributed by atoms with Crippen molar-refractivity contribution in [1.29, 1.82) is 0 Å². The predicted octanol–water partition coefficient (Wildman–Crippen LogP) is 4.08. The molecule has 1 heterocycles. The first kappa shape index (κ1) is 13.3. The van der Waals surface area contributed by atoms with E-state index in [9.17, 15) is 0 Å². The van der Waals surface area contributed by atoms with Gasteiger partial charge < -0.3 is 5.73 Å². The van der Waals surface area contributed by atoms with Crippen LogP contribution in [0.25, 0.3) is 0 Å². The van der Waals surface area contributed by atoms with Gasteiger partial charge in [-0.2, -0.15) is 0 Å². The lowest BCUT2D eigenvalue weighted by Crippen LogP contribution is -2.34. The van der Waals surface area contributed by atoms with E-state index >= 15 is 0 Å². The van der Waals surface area contributed by atoms with Crippen LogP contribution in [0.15, 0.2) is 18.2 Å². The van der Waals surface area contributed by atoms with Crippen molar-refractivity contribution >= 4 is 17.3 Å². The quantitative estimate of drug-likeness (QED) is 0.844. The van der Waals surface area contributed by atoms with Gasteiger partial charge in [-0.1, -0.05) is 30.5 Å². The summed E-state index contributed by atoms with van der Waals surface area (Å²) in [6.45, 7) is 2.22. The van der Waals surface area contributed by atoms with E-state index in [1.165, 1.54) is 50.6 Å². The van der Waals surface area contributed by atoms with Crippen molar-refractivity contribution in [2.45, 2.75) is 51.1 Å². The van der Waals surface area contributed by atoms with E-state index in [0.717, 1.165) is 29.2 Å². The molecular formula is C16H23ClN2. The Morgan fingerprint density at radius 2 is 1.95 bits per heavy atom. The normalized spacial score (nSPS) is 25.2. The van der Waals surface area contributed by atoms with Crippen LogP contribution in [0, 0.1) is 5.92 Å². The second-order valence-electron chi connectivity index (χ2n) is 6.07. The fraction of sp³-hybridized carbons (Fsp3) is 0.625. The van der Waals surface area contributed by atoms with E-state index in [2.05, 4.69) is 11.0 Å². The lowest BCUT2D eigenvalue weighted by Gasteiger charge is -2.29. The molecule has 1 aliphatic heterocycles. The summed E-state index contributed by atoms with van der Waals surface area (Å²) in [5.41, 5.74) is 8.16. The van der Waals surface area contributed by atoms with Gasteiger partial charge >= 0.3 is 0 Å². The third-order valence-corrected chi connectivity index (χ3v) is 5.07. The third-order valence-electron chi connectivity index (χ3n) is 4.84. The standard InChI is InChI=1S/C16H23ClN2/c17-14-8-7-13(15(18)10-14)11-19-9-3-6-16(19)12-4-1-2-5-12/h7-8,10,12,16H,1-6,9,11,18H2. The predicted molar refractivity (Wildman–Crippen MR) is 81.3 cm³/mol. The van der Waals surface area contributed by atoms with Crippen molar-refractivity contribution in [3.63, 3.8) is 0 Å². The summed E-state index contributed by atoms with van der Waals surface area (Å²) < 4.78 is 0. The molecule has 0 amide bonds. The molecule has 1 saturated carbocycles. The Morgan fingerprint density at radius 1 is 1.16 bits per heavy atom. The van der Waals surface area contributed by atoms with Crippen molar-refractivity contribution in [2.24, 2.45) is 5.92 Å². The molecule has 1 aromatic rings. The second-order valence-corrected chi connectivity index (χ2v) is 6.50. The Kier molecular flexibility index (Phi) is 3.99. The Bertz CT molecular complexity index is 440. The number of nitrogens with two attached hydrogens (primary N) is 1. The van der Waals surface area contributed by atoms with E-state index in [1.54, 1.807) is 0 Å². The lowest BCUT2D eigenvalue weighted by atomic mass is 9.95. The van der Waals surface area contributed by atoms with Gasteiger partial charge in [0.2, 0.25) is 0 Å². The van der Waals surface area contributed by atoms with Gasteiger partial charge in [0.05, 0.1) is 0 Å². The fourth-order valence-corrected chi connectivity index (χ4v) is 4.03. The van der Waals surface area contributed by atoms with Gasteiger partial charge in [-0.15, -0.1) is 0 Å². The summed E-state index contributed by atoms with van der Waals surface area (Å²) >= 11 is 5.97. The maximum atomic E-state index is 6.09. The average Bonchev–Trinajstić information content (AvgIpc) is 3.03. The highest BCUT2D eigenvalue weighted by Gasteiger charge is 2.33. The van der Waals surface area contributed by atoms with Crippen LogP contribution in [0.4, 0.5) is 5.69 Å². The number of anilines is 1. The molecule has 2 aliphatic rings. The van der Waals surface area contributed by atoms with Gasteiger partial charge in [-0.05, 0) is 55.8 Å². The van der Waals surface area contributed by atoms with E-state index in [0.29, 0.717) is 0 Å². The monoisotopic (exact) mass is 278 g/mol. The Hall–Kier alpha value is -0.730. The van der Waals surface area contributed by atoms with Crippen LogP contribution in [0.2, 0.25) is 5.02 Å². The van der Waals surface area contributed by atoms with Gasteiger partial charge in [0, 0.05) is 23.3 Å². The van der Waals surface area contributed by atoms with Crippen molar-refractivity contribution in [2.75, 3.05) is 12.3 Å². The van der Waals surface area contributed by atoms with E-state index in [1.807, 2.05) is 12.1 Å². The highest BCUT2D eigenvalue weighted by Crippen LogP contribution is 2.36. The topological polar surface area (TPSA) is 29.3 Å². The van der Waals surface area contributed by atoms with Gasteiger partial charge in [-0.25, -0.2) is 0 Å². The zero-order chi connectivity index (χ0) is 13.2. The zero-order valence-electron chi connectivity index (χ0n) is 11.4. The summed E-state index contributed by atoms with van der Waals surface area (Å²) in [7, 11) is 0. The number of rotatable bonds is 3. The molecule has 1 aliphatic carbocycles. The minimum absolute atomic E-state index is 0.731. The zero-order valence-corrected chi connectivity index (χ0v) is 12.2. The molecule has 2 nitrogen and oxygen atoms in total. The van der Waals surface area contributed by atoms with Gasteiger partial charge in [0.25, 0.3) is 0 Å². The van der Waals surface area contributed by atoms with Gasteiger partial charge in [-0.3, -0.25) is 4.90 Å². The van der Waals surface area contributed by atoms with Crippen molar-refractivity contribution in [3.05, 3.63) is 28.8 Å². The summed E-state index contributed by atoms with van der Waals surface area (Å²) in [5, 5.41) is 0.731. The van der Waals surface area contributed by atoms with Crippen LogP contribution in [-0.2, 0) is 6.54 Å². The first-order valence-electron chi connectivity index (χ1n) is 7.52. The molecule has 1 unspecified atom stereocenters. The van der Waals surface area contributed by atoms with Crippen molar-refractivity contribution in [3.8, 4) is 0 Å². The summed E-state index contributed by atoms with van der Waals surface area (Å²) in [4.78, 5) is 2.65. The molecule has 19 heavy (non-hydrogen) atoms. The molecule has 0 bridgehead atoms. The molecule has 0 radical (unpaired) electrons. The highest BCUT2D eigenvalue weighted by atomic mass is 35.5. The highest BCUT2D eigenvalue weighted by molar-refractivity contribution is 6.30. The molecule has 1 atom stereocenters. The number of nitrogen functional groups attached to an aromatic ring is 1. The third kappa shape index (κ3) is 2.90. The second kappa shape index (κ2) is 5.72. The molecule has 1 aromatic carbocycles. The first-order chi connectivity index (χ1) is 9.24. The van der Waals surface area contributed by atoms with Crippen LogP contribution in [0.1, 0.15) is 44.1 Å². The van der Waals surface area contributed by atoms with Gasteiger partial charge in [0.1, 0.15) is 0 Å². The van der Waals surface area contributed by atoms with Crippen LogP contribution in [0.5, 0.6) is 0 Å². The molecule has 2 fully saturated rings. The van der Waals surface area contributed by atoms with Crippen LogP contribution < -0.4 is 5.73 Å². The fourth-order valence-electron chi connectivity index (χ4n) is 3.85. The molecule has 3 heteroatoms. The number of hydrogen-bond donors (Lipinski definition) is 1. The number of hydrogen-bond acceptors (Lipinski definition) is 2.